The summed E-state index contributed by atoms with van der Waals surface area (Å²) in [7, 11) is 4.02. The first-order chi connectivity index (χ1) is 14.0. The van der Waals surface area contributed by atoms with Gasteiger partial charge < -0.3 is 10.2 Å². The molecular weight excluding hydrogens is 384 g/mol. The highest BCUT2D eigenvalue weighted by Gasteiger charge is 2.17. The van der Waals surface area contributed by atoms with Gasteiger partial charge in [-0.05, 0) is 55.1 Å². The summed E-state index contributed by atoms with van der Waals surface area (Å²) in [6.45, 7) is 4.59. The van der Waals surface area contributed by atoms with E-state index < -0.39 is 0 Å². The third-order valence-corrected chi connectivity index (χ3v) is 5.64. The Morgan fingerprint density at radius 2 is 1.79 bits per heavy atom. The van der Waals surface area contributed by atoms with E-state index in [0.29, 0.717) is 11.7 Å². The Labute approximate surface area is 175 Å². The van der Waals surface area contributed by atoms with E-state index in [2.05, 4.69) is 37.9 Å². The Morgan fingerprint density at radius 3 is 2.45 bits per heavy atom. The molecule has 8 heteroatoms. The number of hydrogen-bond acceptors (Lipinski definition) is 6. The summed E-state index contributed by atoms with van der Waals surface area (Å²) < 4.78 is 1.70. The lowest BCUT2D eigenvalue weighted by Crippen LogP contribution is -2.35. The maximum Gasteiger partial charge on any atom is 0.230 e. The van der Waals surface area contributed by atoms with Crippen LogP contribution in [0.1, 0.15) is 22.7 Å². The fourth-order valence-electron chi connectivity index (χ4n) is 3.21. The van der Waals surface area contributed by atoms with Crippen molar-refractivity contribution in [1.29, 1.82) is 0 Å². The van der Waals surface area contributed by atoms with Crippen molar-refractivity contribution in [3.8, 4) is 5.69 Å². The predicted molar refractivity (Wildman–Crippen MR) is 115 cm³/mol. The van der Waals surface area contributed by atoms with Gasteiger partial charge in [-0.2, -0.15) is 4.68 Å². The van der Waals surface area contributed by atoms with Crippen molar-refractivity contribution in [1.82, 2.24) is 30.4 Å². The summed E-state index contributed by atoms with van der Waals surface area (Å²) in [6.07, 6.45) is 0. The molecule has 0 aliphatic carbocycles. The summed E-state index contributed by atoms with van der Waals surface area (Å²) in [5.74, 6) is 0.203. The predicted octanol–water partition coefficient (Wildman–Crippen LogP) is 2.79. The third-order valence-electron chi connectivity index (χ3n) is 4.72. The van der Waals surface area contributed by atoms with E-state index in [0.717, 1.165) is 16.8 Å². The van der Waals surface area contributed by atoms with Crippen molar-refractivity contribution in [2.45, 2.75) is 25.0 Å². The first-order valence-electron chi connectivity index (χ1n) is 9.43. The number of nitrogens with zero attached hydrogens (tertiary/aromatic N) is 5. The average molecular weight is 411 g/mol. The van der Waals surface area contributed by atoms with Crippen LogP contribution in [0.3, 0.4) is 0 Å². The summed E-state index contributed by atoms with van der Waals surface area (Å²) in [6, 6.07) is 16.3. The fourth-order valence-corrected chi connectivity index (χ4v) is 3.92. The standard InChI is InChI=1S/C21H26N6OS/c1-15-9-8-10-16(2)20(15)27-21(23-24-25-27)29-14-19(28)22-13-18(26(3)4)17-11-6-5-7-12-17/h5-12,18H,13-14H2,1-4H3,(H,22,28)/t18-/m0/s1. The molecule has 3 aromatic rings. The van der Waals surface area contributed by atoms with Gasteiger partial charge in [-0.1, -0.05) is 60.3 Å². The maximum absolute atomic E-state index is 12.4. The molecule has 2 aromatic carbocycles. The zero-order valence-corrected chi connectivity index (χ0v) is 18.0. The largest absolute Gasteiger partial charge is 0.353 e. The number of aromatic nitrogens is 4. The molecule has 0 aliphatic heterocycles. The smallest absolute Gasteiger partial charge is 0.230 e. The van der Waals surface area contributed by atoms with Gasteiger partial charge in [0.15, 0.2) is 0 Å². The highest BCUT2D eigenvalue weighted by Crippen LogP contribution is 2.23. The molecule has 7 nitrogen and oxygen atoms in total. The molecule has 0 fully saturated rings. The second-order valence-corrected chi connectivity index (χ2v) is 8.04. The van der Waals surface area contributed by atoms with Crippen LogP contribution in [0.15, 0.2) is 53.7 Å². The first kappa shape index (κ1) is 21.0. The van der Waals surface area contributed by atoms with Crippen molar-refractivity contribution in [2.24, 2.45) is 0 Å². The molecule has 0 saturated carbocycles. The lowest BCUT2D eigenvalue weighted by atomic mass is 10.1. The minimum absolute atomic E-state index is 0.0474. The Balaban J connectivity index is 1.61. The van der Waals surface area contributed by atoms with Crippen LogP contribution < -0.4 is 5.32 Å². The molecule has 1 amide bonds. The van der Waals surface area contributed by atoms with Crippen molar-refractivity contribution < 1.29 is 4.79 Å². The molecule has 152 valence electrons. The number of hydrogen-bond donors (Lipinski definition) is 1. The van der Waals surface area contributed by atoms with Crippen LogP contribution in [0, 0.1) is 13.8 Å². The van der Waals surface area contributed by atoms with E-state index >= 15 is 0 Å². The topological polar surface area (TPSA) is 75.9 Å². The monoisotopic (exact) mass is 410 g/mol. The first-order valence-corrected chi connectivity index (χ1v) is 10.4. The molecule has 1 aromatic heterocycles. The van der Waals surface area contributed by atoms with E-state index in [-0.39, 0.29) is 17.7 Å². The van der Waals surface area contributed by atoms with Gasteiger partial charge >= 0.3 is 0 Å². The fraction of sp³-hybridized carbons (Fsp3) is 0.333. The van der Waals surface area contributed by atoms with Crippen molar-refractivity contribution >= 4 is 17.7 Å². The minimum atomic E-state index is -0.0474. The number of para-hydroxylation sites is 1. The van der Waals surface area contributed by atoms with Crippen molar-refractivity contribution in [2.75, 3.05) is 26.4 Å². The van der Waals surface area contributed by atoms with Crippen LogP contribution in [-0.4, -0.2) is 57.4 Å². The number of carbonyl (C=O) groups excluding carboxylic acids is 1. The number of nitrogens with one attached hydrogen (secondary N) is 1. The van der Waals surface area contributed by atoms with Crippen molar-refractivity contribution in [3.63, 3.8) is 0 Å². The number of carbonyl (C=O) groups is 1. The van der Waals surface area contributed by atoms with Crippen molar-refractivity contribution in [3.05, 3.63) is 65.2 Å². The van der Waals surface area contributed by atoms with Crippen LogP contribution in [-0.2, 0) is 4.79 Å². The molecule has 0 aliphatic rings. The molecule has 1 N–H and O–H groups in total. The minimum Gasteiger partial charge on any atom is -0.353 e. The molecular formula is C21H26N6OS. The molecule has 0 radical (unpaired) electrons. The third kappa shape index (κ3) is 5.21. The molecule has 0 bridgehead atoms. The zero-order valence-electron chi connectivity index (χ0n) is 17.2. The number of aryl methyl sites for hydroxylation is 2. The van der Waals surface area contributed by atoms with Gasteiger partial charge in [-0.15, -0.1) is 5.10 Å². The Morgan fingerprint density at radius 1 is 1.10 bits per heavy atom. The number of amides is 1. The van der Waals surface area contributed by atoms with Crippen LogP contribution in [0.5, 0.6) is 0 Å². The summed E-state index contributed by atoms with van der Waals surface area (Å²) in [5.41, 5.74) is 4.29. The lowest BCUT2D eigenvalue weighted by molar-refractivity contribution is -0.118. The van der Waals surface area contributed by atoms with Gasteiger partial charge in [0.1, 0.15) is 0 Å². The van der Waals surface area contributed by atoms with Gasteiger partial charge in [0.25, 0.3) is 0 Å². The molecule has 1 atom stereocenters. The number of benzene rings is 2. The number of tetrazole rings is 1. The molecule has 0 saturated heterocycles. The molecule has 0 unspecified atom stereocenters. The molecule has 3 rings (SSSR count). The van der Waals surface area contributed by atoms with Gasteiger partial charge in [-0.25, -0.2) is 0 Å². The van der Waals surface area contributed by atoms with E-state index in [1.165, 1.54) is 17.3 Å². The second kappa shape index (κ2) is 9.67. The normalized spacial score (nSPS) is 12.2. The Kier molecular flexibility index (Phi) is 7.00. The highest BCUT2D eigenvalue weighted by atomic mass is 32.2. The average Bonchev–Trinajstić information content (AvgIpc) is 3.15. The maximum atomic E-state index is 12.4. The van der Waals surface area contributed by atoms with Gasteiger partial charge in [-0.3, -0.25) is 4.79 Å². The SMILES string of the molecule is Cc1cccc(C)c1-n1nnnc1SCC(=O)NC[C@@H](c1ccccc1)N(C)C. The molecule has 29 heavy (non-hydrogen) atoms. The second-order valence-electron chi connectivity index (χ2n) is 7.10. The van der Waals surface area contributed by atoms with Gasteiger partial charge in [0.2, 0.25) is 11.1 Å². The number of thioether (sulfide) groups is 1. The van der Waals surface area contributed by atoms with Crippen LogP contribution in [0.25, 0.3) is 5.69 Å². The quantitative estimate of drug-likeness (QED) is 0.576. The molecule has 1 heterocycles. The van der Waals surface area contributed by atoms with Gasteiger partial charge in [0, 0.05) is 6.54 Å². The number of rotatable bonds is 8. The van der Waals surface area contributed by atoms with Crippen LogP contribution in [0.4, 0.5) is 0 Å². The summed E-state index contributed by atoms with van der Waals surface area (Å²) >= 11 is 1.33. The van der Waals surface area contributed by atoms with E-state index in [1.807, 2.05) is 64.3 Å². The highest BCUT2D eigenvalue weighted by molar-refractivity contribution is 7.99. The molecule has 0 spiro atoms. The lowest BCUT2D eigenvalue weighted by Gasteiger charge is -2.25. The van der Waals surface area contributed by atoms with Gasteiger partial charge in [0.05, 0.1) is 17.5 Å². The zero-order chi connectivity index (χ0) is 20.8. The number of likely N-dealkylation sites (N-methyl/N-ethyl adjacent to an activating group) is 1. The van der Waals surface area contributed by atoms with E-state index in [9.17, 15) is 4.79 Å². The van der Waals surface area contributed by atoms with E-state index in [1.54, 1.807) is 4.68 Å². The van der Waals surface area contributed by atoms with Crippen LogP contribution >= 0.6 is 11.8 Å². The summed E-state index contributed by atoms with van der Waals surface area (Å²) in [5, 5.41) is 15.6. The van der Waals surface area contributed by atoms with Crippen LogP contribution in [0.2, 0.25) is 0 Å². The summed E-state index contributed by atoms with van der Waals surface area (Å²) in [4.78, 5) is 14.6. The Hall–Kier alpha value is -2.71. The van der Waals surface area contributed by atoms with E-state index in [4.69, 9.17) is 0 Å². The Bertz CT molecular complexity index is 937.